The monoisotopic (exact) mass is 269 g/mol. The van der Waals surface area contributed by atoms with Crippen LogP contribution in [0.5, 0.6) is 0 Å². The summed E-state index contributed by atoms with van der Waals surface area (Å²) in [4.78, 5) is 0. The Morgan fingerprint density at radius 1 is 1.44 bits per heavy atom. The van der Waals surface area contributed by atoms with Crippen LogP contribution in [-0.4, -0.2) is 39.5 Å². The lowest BCUT2D eigenvalue weighted by atomic mass is 9.88. The molecule has 1 saturated heterocycles. The van der Waals surface area contributed by atoms with Crippen molar-refractivity contribution in [2.45, 2.75) is 13.3 Å². The molecule has 0 saturated carbocycles. The van der Waals surface area contributed by atoms with Crippen LogP contribution in [0.25, 0.3) is 0 Å². The average molecular weight is 269 g/mol. The third-order valence-electron chi connectivity index (χ3n) is 2.64. The fraction of sp³-hybridized carbons (Fsp3) is 1.00. The summed E-state index contributed by atoms with van der Waals surface area (Å²) in [6.45, 7) is 6.28. The highest BCUT2D eigenvalue weighted by molar-refractivity contribution is 7.53. The Morgan fingerprint density at radius 3 is 2.44 bits per heavy atom. The second-order valence-electron chi connectivity index (χ2n) is 4.28. The van der Waals surface area contributed by atoms with Crippen molar-refractivity contribution >= 4 is 15.4 Å². The smallest absolute Gasteiger partial charge is 0.337 e. The van der Waals surface area contributed by atoms with Gasteiger partial charge < -0.3 is 13.8 Å². The Hall–Kier alpha value is 0.210. The first-order valence-electron chi connectivity index (χ1n) is 5.22. The van der Waals surface area contributed by atoms with Gasteiger partial charge in [0.2, 0.25) is 6.35 Å². The Morgan fingerprint density at radius 2 is 2.00 bits per heavy atom. The summed E-state index contributed by atoms with van der Waals surface area (Å²) >= 11 is 0. The van der Waals surface area contributed by atoms with Gasteiger partial charge in [0, 0.05) is 12.1 Å². The summed E-state index contributed by atoms with van der Waals surface area (Å²) in [5.41, 5.74) is -0.255. The molecule has 0 spiro atoms. The van der Waals surface area contributed by atoms with Crippen LogP contribution < -0.4 is 0 Å². The van der Waals surface area contributed by atoms with Crippen LogP contribution in [0.2, 0.25) is 0 Å². The van der Waals surface area contributed by atoms with E-state index in [4.69, 9.17) is 13.8 Å². The first-order valence-corrected chi connectivity index (χ1v) is 9.10. The molecule has 0 radical (unpaired) electrons. The highest BCUT2D eigenvalue weighted by Crippen LogP contribution is 2.51. The molecule has 0 N–H and O–H groups in total. The van der Waals surface area contributed by atoms with E-state index in [1.54, 1.807) is 6.66 Å². The summed E-state index contributed by atoms with van der Waals surface area (Å²) in [5, 5.41) is 0. The molecule has 1 aliphatic rings. The van der Waals surface area contributed by atoms with Crippen LogP contribution >= 0.6 is 15.4 Å². The average Bonchev–Trinajstić information content (AvgIpc) is 2.21. The van der Waals surface area contributed by atoms with Crippen molar-refractivity contribution in [1.82, 2.24) is 0 Å². The SMILES string of the molecule is CCC1(COC[P+](C)=O)COP(C)(=O)OC1. The van der Waals surface area contributed by atoms with Gasteiger partial charge in [-0.1, -0.05) is 11.5 Å². The second-order valence-corrected chi connectivity index (χ2v) is 7.85. The third-order valence-corrected chi connectivity index (χ3v) is 4.38. The summed E-state index contributed by atoms with van der Waals surface area (Å²) in [6, 6.07) is 0. The summed E-state index contributed by atoms with van der Waals surface area (Å²) in [5.74, 6) is 0. The lowest BCUT2D eigenvalue weighted by molar-refractivity contribution is -0.0381. The zero-order chi connectivity index (χ0) is 12.2. The minimum atomic E-state index is -2.84. The highest BCUT2D eigenvalue weighted by atomic mass is 31.2. The molecular formula is C9H19O5P2+. The molecule has 1 unspecified atom stereocenters. The van der Waals surface area contributed by atoms with E-state index in [1.165, 1.54) is 6.66 Å². The molecule has 5 nitrogen and oxygen atoms in total. The van der Waals surface area contributed by atoms with Crippen LogP contribution in [0.15, 0.2) is 0 Å². The molecular weight excluding hydrogens is 250 g/mol. The Labute approximate surface area is 97.2 Å². The number of ether oxygens (including phenoxy) is 1. The first-order chi connectivity index (χ1) is 7.39. The molecule has 1 rings (SSSR count). The molecule has 1 atom stereocenters. The van der Waals surface area contributed by atoms with E-state index < -0.39 is 15.4 Å². The maximum Gasteiger partial charge on any atom is 0.363 e. The third kappa shape index (κ3) is 4.23. The van der Waals surface area contributed by atoms with E-state index in [0.29, 0.717) is 19.8 Å². The number of rotatable bonds is 5. The van der Waals surface area contributed by atoms with E-state index in [-0.39, 0.29) is 11.8 Å². The Bertz CT molecular complexity index is 292. The zero-order valence-electron chi connectivity index (χ0n) is 9.97. The van der Waals surface area contributed by atoms with Crippen LogP contribution in [-0.2, 0) is 22.9 Å². The fourth-order valence-electron chi connectivity index (χ4n) is 1.37. The lowest BCUT2D eigenvalue weighted by Crippen LogP contribution is -2.39. The van der Waals surface area contributed by atoms with Crippen molar-refractivity contribution in [3.63, 3.8) is 0 Å². The van der Waals surface area contributed by atoms with Gasteiger partial charge in [-0.05, 0) is 6.42 Å². The molecule has 0 aromatic carbocycles. The summed E-state index contributed by atoms with van der Waals surface area (Å²) in [6.07, 6.45) is 1.06. The molecule has 0 aliphatic carbocycles. The minimum absolute atomic E-state index is 0.251. The molecule has 0 aromatic rings. The van der Waals surface area contributed by atoms with Crippen molar-refractivity contribution in [1.29, 1.82) is 0 Å². The van der Waals surface area contributed by atoms with Gasteiger partial charge in [0.25, 0.3) is 0 Å². The minimum Gasteiger partial charge on any atom is -0.337 e. The summed E-state index contributed by atoms with van der Waals surface area (Å²) in [7, 11) is -4.13. The standard InChI is InChI=1S/C9H19O5P2/c1-4-9(5-12-8-15(2)10)6-13-16(3,11)14-7-9/h4-8H2,1-3H3/q+1. The molecule has 16 heavy (non-hydrogen) atoms. The fourth-order valence-corrected chi connectivity index (χ4v) is 2.81. The van der Waals surface area contributed by atoms with E-state index >= 15 is 0 Å². The van der Waals surface area contributed by atoms with Crippen molar-refractivity contribution in [3.8, 4) is 0 Å². The van der Waals surface area contributed by atoms with Gasteiger partial charge >= 0.3 is 15.4 Å². The van der Waals surface area contributed by atoms with Gasteiger partial charge in [0.15, 0.2) is 0 Å². The van der Waals surface area contributed by atoms with Gasteiger partial charge in [-0.25, -0.2) is 0 Å². The Kier molecular flexibility index (Phi) is 5.09. The largest absolute Gasteiger partial charge is 0.363 e. The number of hydrogen-bond donors (Lipinski definition) is 0. The first kappa shape index (κ1) is 14.3. The maximum absolute atomic E-state index is 11.5. The van der Waals surface area contributed by atoms with E-state index in [0.717, 1.165) is 6.42 Å². The normalized spacial score (nSPS) is 36.1. The molecule has 0 bridgehead atoms. The van der Waals surface area contributed by atoms with E-state index in [2.05, 4.69) is 0 Å². The maximum atomic E-state index is 11.5. The Balaban J connectivity index is 2.46. The quantitative estimate of drug-likeness (QED) is 0.718. The van der Waals surface area contributed by atoms with Gasteiger partial charge in [-0.3, -0.25) is 4.57 Å². The van der Waals surface area contributed by atoms with Crippen LogP contribution in [0.4, 0.5) is 0 Å². The van der Waals surface area contributed by atoms with Crippen LogP contribution in [0, 0.1) is 5.41 Å². The molecule has 0 amide bonds. The van der Waals surface area contributed by atoms with Gasteiger partial charge in [0.05, 0.1) is 19.8 Å². The highest BCUT2D eigenvalue weighted by Gasteiger charge is 2.39. The van der Waals surface area contributed by atoms with Gasteiger partial charge in [0.1, 0.15) is 6.66 Å². The molecule has 1 heterocycles. The van der Waals surface area contributed by atoms with E-state index in [1.807, 2.05) is 6.92 Å². The van der Waals surface area contributed by atoms with E-state index in [9.17, 15) is 9.13 Å². The second kappa shape index (κ2) is 5.70. The van der Waals surface area contributed by atoms with Crippen molar-refractivity contribution in [2.24, 2.45) is 5.41 Å². The van der Waals surface area contributed by atoms with Gasteiger partial charge in [-0.2, -0.15) is 0 Å². The zero-order valence-corrected chi connectivity index (χ0v) is 11.8. The molecule has 94 valence electrons. The van der Waals surface area contributed by atoms with Crippen molar-refractivity contribution < 1.29 is 22.9 Å². The molecule has 1 aliphatic heterocycles. The topological polar surface area (TPSA) is 61.8 Å². The van der Waals surface area contributed by atoms with Crippen molar-refractivity contribution in [2.75, 3.05) is 39.5 Å². The van der Waals surface area contributed by atoms with Crippen LogP contribution in [0.1, 0.15) is 13.3 Å². The lowest BCUT2D eigenvalue weighted by Gasteiger charge is -2.37. The molecule has 0 aromatic heterocycles. The summed E-state index contributed by atoms with van der Waals surface area (Å²) < 4.78 is 38.2. The predicted octanol–water partition coefficient (Wildman–Crippen LogP) is 2.68. The molecule has 7 heteroatoms. The van der Waals surface area contributed by atoms with Gasteiger partial charge in [-0.15, -0.1) is 0 Å². The number of hydrogen-bond acceptors (Lipinski definition) is 5. The van der Waals surface area contributed by atoms with Crippen molar-refractivity contribution in [3.05, 3.63) is 0 Å². The predicted molar refractivity (Wildman–Crippen MR) is 62.5 cm³/mol. The molecule has 1 fully saturated rings. The van der Waals surface area contributed by atoms with Crippen LogP contribution in [0.3, 0.4) is 0 Å².